The smallest absolute Gasteiger partial charge is 0.435 e. The average molecular weight is 758 g/mol. The van der Waals surface area contributed by atoms with Crippen LogP contribution in [0.1, 0.15) is 57.7 Å². The third-order valence-corrected chi connectivity index (χ3v) is 9.38. The van der Waals surface area contributed by atoms with Gasteiger partial charge >= 0.3 is 12.3 Å². The molecule has 0 atom stereocenters. The number of aryl methyl sites for hydroxylation is 1. The molecule has 2 heterocycles. The van der Waals surface area contributed by atoms with Gasteiger partial charge in [-0.2, -0.15) is 18.3 Å². The number of aromatic nitrogens is 2. The fraction of sp³-hybridized carbons (Fsp3) is 0.294. The van der Waals surface area contributed by atoms with Crippen molar-refractivity contribution in [2.75, 3.05) is 26.9 Å². The molecule has 280 valence electrons. The zero-order valence-corrected chi connectivity index (χ0v) is 29.3. The lowest BCUT2D eigenvalue weighted by Gasteiger charge is -2.14. The SMILES string of the molecule is Cc1ccc(-c2cc(C(F)(F)F)nn2-c2ccc(S(=O)(=O)NC(=O)OCCCCCCN(C)/[N+]([O-])=N\OCN3C(=O)c4ccccc4C3=O)cc2)cc1. The molecule has 0 bridgehead atoms. The number of imide groups is 1. The molecule has 3 amide bonds. The highest BCUT2D eigenvalue weighted by atomic mass is 32.2. The normalized spacial score (nSPS) is 13.2. The number of rotatable bonds is 15. The minimum Gasteiger partial charge on any atom is -0.569 e. The molecule has 15 nitrogen and oxygen atoms in total. The number of hydrogen-bond donors (Lipinski definition) is 1. The summed E-state index contributed by atoms with van der Waals surface area (Å²) in [7, 11) is -2.91. The molecule has 0 saturated carbocycles. The molecule has 5 rings (SSSR count). The number of amides is 3. The number of carbonyl (C=O) groups excluding carboxylic acids is 3. The summed E-state index contributed by atoms with van der Waals surface area (Å²) >= 11 is 0. The van der Waals surface area contributed by atoms with Crippen molar-refractivity contribution in [3.05, 3.63) is 106 Å². The molecular weight excluding hydrogens is 723 g/mol. The molecule has 0 saturated heterocycles. The first-order valence-electron chi connectivity index (χ1n) is 16.2. The Hall–Kier alpha value is -5.98. The Morgan fingerprint density at radius 1 is 0.962 bits per heavy atom. The van der Waals surface area contributed by atoms with Crippen LogP contribution in [0.2, 0.25) is 0 Å². The molecule has 1 aliphatic rings. The third-order valence-electron chi connectivity index (χ3n) is 8.05. The summed E-state index contributed by atoms with van der Waals surface area (Å²) in [5.41, 5.74) is 1.06. The van der Waals surface area contributed by atoms with Gasteiger partial charge in [0, 0.05) is 5.56 Å². The number of sulfonamides is 1. The number of halogens is 3. The summed E-state index contributed by atoms with van der Waals surface area (Å²) in [5, 5.41) is 20.4. The summed E-state index contributed by atoms with van der Waals surface area (Å²) in [6.45, 7) is 1.49. The number of unbranched alkanes of at least 4 members (excludes halogenated alkanes) is 3. The van der Waals surface area contributed by atoms with Crippen LogP contribution in [-0.4, -0.2) is 77.9 Å². The highest BCUT2D eigenvalue weighted by Gasteiger charge is 2.36. The van der Waals surface area contributed by atoms with E-state index in [4.69, 9.17) is 9.57 Å². The fourth-order valence-corrected chi connectivity index (χ4v) is 6.10. The van der Waals surface area contributed by atoms with Gasteiger partial charge in [0.1, 0.15) is 0 Å². The highest BCUT2D eigenvalue weighted by Crippen LogP contribution is 2.33. The van der Waals surface area contributed by atoms with E-state index in [0.717, 1.165) is 33.3 Å². The van der Waals surface area contributed by atoms with Gasteiger partial charge in [-0.25, -0.2) is 27.5 Å². The van der Waals surface area contributed by atoms with E-state index in [1.807, 2.05) is 6.92 Å². The average Bonchev–Trinajstić information content (AvgIpc) is 3.68. The number of nitrogens with zero attached hydrogens (tertiary/aromatic N) is 6. The van der Waals surface area contributed by atoms with Crippen molar-refractivity contribution < 1.29 is 50.5 Å². The van der Waals surface area contributed by atoms with Crippen LogP contribution in [0.5, 0.6) is 0 Å². The largest absolute Gasteiger partial charge is 0.569 e. The van der Waals surface area contributed by atoms with Crippen molar-refractivity contribution in [3.63, 3.8) is 0 Å². The molecule has 53 heavy (non-hydrogen) atoms. The van der Waals surface area contributed by atoms with Gasteiger partial charge < -0.3 is 14.8 Å². The Bertz CT molecular complexity index is 2070. The van der Waals surface area contributed by atoms with E-state index in [2.05, 4.69) is 10.4 Å². The molecule has 19 heteroatoms. The number of nitrogens with one attached hydrogen (secondary N) is 1. The predicted octanol–water partition coefficient (Wildman–Crippen LogP) is 5.84. The lowest BCUT2D eigenvalue weighted by Crippen LogP contribution is -2.32. The van der Waals surface area contributed by atoms with Gasteiger partial charge in [0.05, 0.1) is 52.6 Å². The molecule has 0 radical (unpaired) electrons. The van der Waals surface area contributed by atoms with Crippen LogP contribution >= 0.6 is 0 Å². The van der Waals surface area contributed by atoms with Gasteiger partial charge in [0.2, 0.25) is 12.0 Å². The van der Waals surface area contributed by atoms with Crippen molar-refractivity contribution in [1.82, 2.24) is 24.4 Å². The quantitative estimate of drug-likeness (QED) is 0.0510. The third kappa shape index (κ3) is 9.28. The highest BCUT2D eigenvalue weighted by molar-refractivity contribution is 7.90. The number of hydrazine groups is 1. The Morgan fingerprint density at radius 2 is 1.58 bits per heavy atom. The maximum Gasteiger partial charge on any atom is 0.435 e. The Balaban J connectivity index is 1.02. The zero-order valence-electron chi connectivity index (χ0n) is 28.4. The van der Waals surface area contributed by atoms with Gasteiger partial charge in [-0.3, -0.25) is 9.59 Å². The van der Waals surface area contributed by atoms with Crippen molar-refractivity contribution in [2.24, 2.45) is 5.28 Å². The lowest BCUT2D eigenvalue weighted by molar-refractivity contribution is -0.705. The number of alkyl halides is 3. The van der Waals surface area contributed by atoms with Crippen LogP contribution < -0.4 is 4.72 Å². The molecule has 3 aromatic carbocycles. The Kier molecular flexibility index (Phi) is 11.6. The van der Waals surface area contributed by atoms with Gasteiger partial charge in [-0.15, -0.1) is 5.01 Å². The van der Waals surface area contributed by atoms with Crippen LogP contribution in [0.3, 0.4) is 0 Å². The standard InChI is InChI=1S/C34H34F3N7O8S/c1-23-11-13-24(14-12-23)29-21-30(34(35,36)37)38-43(29)25-15-17-26(18-16-25)53(49,50)39-33(47)51-20-8-4-3-7-19-41(2)44(48)40-52-22-42-31(45)27-9-5-6-10-28(27)32(42)46/h5-6,9-18,21H,3-4,7-8,19-20,22H2,1-2H3,(H,39,47)/b44-40+. The second kappa shape index (κ2) is 16.1. The van der Waals surface area contributed by atoms with E-state index in [1.165, 1.54) is 36.3 Å². The fourth-order valence-electron chi connectivity index (χ4n) is 5.21. The van der Waals surface area contributed by atoms with E-state index < -0.39 is 46.5 Å². The second-order valence-corrected chi connectivity index (χ2v) is 13.6. The lowest BCUT2D eigenvalue weighted by atomic mass is 10.1. The Labute approximate surface area is 301 Å². The molecule has 4 aromatic rings. The minimum atomic E-state index is -4.71. The maximum absolute atomic E-state index is 13.5. The topological polar surface area (TPSA) is 179 Å². The van der Waals surface area contributed by atoms with Crippen molar-refractivity contribution >= 4 is 27.9 Å². The van der Waals surface area contributed by atoms with Gasteiger partial charge in [-0.1, -0.05) is 48.4 Å². The van der Waals surface area contributed by atoms with Crippen LogP contribution in [0.25, 0.3) is 16.9 Å². The van der Waals surface area contributed by atoms with E-state index in [1.54, 1.807) is 41.1 Å². The number of benzene rings is 3. The number of ether oxygens (including phenoxy) is 1. The number of carbonyl (C=O) groups is 3. The summed E-state index contributed by atoms with van der Waals surface area (Å²) < 4.78 is 74.0. The van der Waals surface area contributed by atoms with Crippen molar-refractivity contribution in [2.45, 2.75) is 43.7 Å². The second-order valence-electron chi connectivity index (χ2n) is 11.9. The molecule has 0 spiro atoms. The first-order chi connectivity index (χ1) is 25.2. The summed E-state index contributed by atoms with van der Waals surface area (Å²) in [4.78, 5) is 42.5. The van der Waals surface area contributed by atoms with Crippen LogP contribution in [0.15, 0.2) is 89.0 Å². The molecule has 0 fully saturated rings. The molecule has 1 aromatic heterocycles. The van der Waals surface area contributed by atoms with Crippen LogP contribution in [0.4, 0.5) is 18.0 Å². The van der Waals surface area contributed by atoms with Crippen molar-refractivity contribution in [3.8, 4) is 16.9 Å². The van der Waals surface area contributed by atoms with E-state index >= 15 is 0 Å². The van der Waals surface area contributed by atoms with Gasteiger partial charge in [-0.05, 0) is 68.7 Å². The van der Waals surface area contributed by atoms with E-state index in [9.17, 15) is 41.2 Å². The van der Waals surface area contributed by atoms with Gasteiger partial charge in [0.25, 0.3) is 21.8 Å². The molecule has 1 N–H and O–H groups in total. The van der Waals surface area contributed by atoms with Crippen molar-refractivity contribution in [1.29, 1.82) is 0 Å². The number of hydrogen-bond acceptors (Lipinski definition) is 10. The first kappa shape index (κ1) is 38.3. The van der Waals surface area contributed by atoms with E-state index in [-0.39, 0.29) is 45.5 Å². The Morgan fingerprint density at radius 3 is 2.21 bits per heavy atom. The summed E-state index contributed by atoms with van der Waals surface area (Å²) in [6, 6.07) is 18.8. The zero-order chi connectivity index (χ0) is 38.3. The maximum atomic E-state index is 13.5. The summed E-state index contributed by atoms with van der Waals surface area (Å²) in [5.74, 6) is -1.09. The minimum absolute atomic E-state index is 0.0899. The molecule has 0 unspecified atom stereocenters. The molecule has 0 aliphatic carbocycles. The molecular formula is C34H34F3N7O8S. The monoisotopic (exact) mass is 757 g/mol. The van der Waals surface area contributed by atoms with Crippen LogP contribution in [-0.2, 0) is 25.8 Å². The van der Waals surface area contributed by atoms with E-state index in [0.29, 0.717) is 31.2 Å². The predicted molar refractivity (Wildman–Crippen MR) is 180 cm³/mol. The van der Waals surface area contributed by atoms with Gasteiger partial charge in [0.15, 0.2) is 5.69 Å². The molecule has 1 aliphatic heterocycles. The first-order valence-corrected chi connectivity index (χ1v) is 17.6. The van der Waals surface area contributed by atoms with Crippen LogP contribution in [0, 0.1) is 12.1 Å². The number of fused-ring (bicyclic) bond motifs is 1. The summed E-state index contributed by atoms with van der Waals surface area (Å²) in [6.07, 6.45) is -3.77.